The van der Waals surface area contributed by atoms with Crippen LogP contribution in [0.5, 0.6) is 0 Å². The van der Waals surface area contributed by atoms with E-state index < -0.39 is 0 Å². The van der Waals surface area contributed by atoms with Crippen molar-refractivity contribution in [2.45, 2.75) is 46.7 Å². The summed E-state index contributed by atoms with van der Waals surface area (Å²) in [4.78, 5) is 4.07. The first-order chi connectivity index (χ1) is 7.52. The lowest BCUT2D eigenvalue weighted by molar-refractivity contribution is 0.324. The largest absolute Gasteiger partial charge is 0.307 e. The summed E-state index contributed by atoms with van der Waals surface area (Å²) in [6.45, 7) is 11.3. The molecule has 2 atom stereocenters. The van der Waals surface area contributed by atoms with Crippen molar-refractivity contribution < 1.29 is 0 Å². The summed E-state index contributed by atoms with van der Waals surface area (Å²) in [7, 11) is 0. The van der Waals surface area contributed by atoms with E-state index >= 15 is 0 Å². The van der Waals surface area contributed by atoms with Gasteiger partial charge in [-0.05, 0) is 36.5 Å². The molecule has 2 nitrogen and oxygen atoms in total. The molecule has 1 heterocycles. The number of pyridine rings is 1. The third-order valence-electron chi connectivity index (χ3n) is 3.17. The Balaban J connectivity index is 2.77. The minimum Gasteiger partial charge on any atom is -0.307 e. The van der Waals surface area contributed by atoms with Crippen LogP contribution in [0.4, 0.5) is 0 Å². The lowest BCUT2D eigenvalue weighted by Gasteiger charge is -2.28. The first-order valence-electron chi connectivity index (χ1n) is 6.18. The standard InChI is InChI=1S/C14H24N2/c1-10(2)12(5)16-14(11(3)4)13-6-8-15-9-7-13/h6-12,14,16H,1-5H3. The number of nitrogens with zero attached hydrogens (tertiary/aromatic N) is 1. The van der Waals surface area contributed by atoms with E-state index in [0.29, 0.717) is 23.9 Å². The molecule has 0 aliphatic carbocycles. The van der Waals surface area contributed by atoms with Gasteiger partial charge in [-0.15, -0.1) is 0 Å². The van der Waals surface area contributed by atoms with Crippen molar-refractivity contribution in [1.82, 2.24) is 10.3 Å². The Kier molecular flexibility index (Phi) is 4.94. The van der Waals surface area contributed by atoms with Gasteiger partial charge in [-0.25, -0.2) is 0 Å². The fraction of sp³-hybridized carbons (Fsp3) is 0.643. The summed E-state index contributed by atoms with van der Waals surface area (Å²) in [5, 5.41) is 3.70. The molecule has 0 aromatic carbocycles. The molecule has 1 rings (SSSR count). The Morgan fingerprint density at radius 3 is 1.94 bits per heavy atom. The topological polar surface area (TPSA) is 24.9 Å². The Labute approximate surface area is 99.5 Å². The highest BCUT2D eigenvalue weighted by Gasteiger charge is 2.18. The summed E-state index contributed by atoms with van der Waals surface area (Å²) < 4.78 is 0. The van der Waals surface area contributed by atoms with Crippen LogP contribution in [0.2, 0.25) is 0 Å². The molecule has 0 bridgehead atoms. The van der Waals surface area contributed by atoms with Crippen LogP contribution >= 0.6 is 0 Å². The first-order valence-corrected chi connectivity index (χ1v) is 6.18. The molecule has 0 radical (unpaired) electrons. The average Bonchev–Trinajstić information content (AvgIpc) is 2.26. The maximum Gasteiger partial charge on any atom is 0.0346 e. The van der Waals surface area contributed by atoms with E-state index in [1.165, 1.54) is 5.56 Å². The molecule has 0 fully saturated rings. The number of hydrogen-bond donors (Lipinski definition) is 1. The second-order valence-electron chi connectivity index (χ2n) is 5.20. The van der Waals surface area contributed by atoms with E-state index in [4.69, 9.17) is 0 Å². The van der Waals surface area contributed by atoms with Crippen molar-refractivity contribution in [1.29, 1.82) is 0 Å². The van der Waals surface area contributed by atoms with Gasteiger partial charge in [-0.3, -0.25) is 4.98 Å². The van der Waals surface area contributed by atoms with Crippen LogP contribution in [-0.4, -0.2) is 11.0 Å². The van der Waals surface area contributed by atoms with E-state index in [9.17, 15) is 0 Å². The van der Waals surface area contributed by atoms with Crippen molar-refractivity contribution in [2.75, 3.05) is 0 Å². The zero-order chi connectivity index (χ0) is 12.1. The van der Waals surface area contributed by atoms with Crippen LogP contribution in [0, 0.1) is 11.8 Å². The van der Waals surface area contributed by atoms with E-state index in [2.05, 4.69) is 57.1 Å². The van der Waals surface area contributed by atoms with Crippen molar-refractivity contribution >= 4 is 0 Å². The van der Waals surface area contributed by atoms with Crippen LogP contribution in [0.1, 0.15) is 46.2 Å². The monoisotopic (exact) mass is 220 g/mol. The molecule has 1 N–H and O–H groups in total. The zero-order valence-electron chi connectivity index (χ0n) is 11.1. The predicted octanol–water partition coefficient (Wildman–Crippen LogP) is 3.41. The highest BCUT2D eigenvalue weighted by Crippen LogP contribution is 2.22. The average molecular weight is 220 g/mol. The SMILES string of the molecule is CC(C)C(C)NC(c1ccncc1)C(C)C. The van der Waals surface area contributed by atoms with E-state index in [0.717, 1.165) is 0 Å². The van der Waals surface area contributed by atoms with Gasteiger partial charge >= 0.3 is 0 Å². The summed E-state index contributed by atoms with van der Waals surface area (Å²) in [5.74, 6) is 1.24. The molecule has 0 aliphatic heterocycles. The second kappa shape index (κ2) is 6.00. The Bertz CT molecular complexity index is 293. The van der Waals surface area contributed by atoms with Gasteiger partial charge in [-0.1, -0.05) is 27.7 Å². The van der Waals surface area contributed by atoms with Gasteiger partial charge in [0.1, 0.15) is 0 Å². The van der Waals surface area contributed by atoms with Crippen LogP contribution < -0.4 is 5.32 Å². The third-order valence-corrected chi connectivity index (χ3v) is 3.17. The van der Waals surface area contributed by atoms with E-state index in [1.54, 1.807) is 0 Å². The summed E-state index contributed by atoms with van der Waals surface area (Å²) in [6, 6.07) is 5.15. The summed E-state index contributed by atoms with van der Waals surface area (Å²) >= 11 is 0. The smallest absolute Gasteiger partial charge is 0.0346 e. The minimum atomic E-state index is 0.417. The molecule has 0 aliphatic rings. The number of rotatable bonds is 5. The van der Waals surface area contributed by atoms with Gasteiger partial charge in [0.05, 0.1) is 0 Å². The lowest BCUT2D eigenvalue weighted by Crippen LogP contribution is -2.36. The maximum atomic E-state index is 4.07. The molecule has 1 aromatic rings. The summed E-state index contributed by atoms with van der Waals surface area (Å²) in [6.07, 6.45) is 3.73. The van der Waals surface area contributed by atoms with Crippen molar-refractivity contribution in [3.63, 3.8) is 0 Å². The molecule has 90 valence electrons. The van der Waals surface area contributed by atoms with Gasteiger partial charge in [-0.2, -0.15) is 0 Å². The second-order valence-corrected chi connectivity index (χ2v) is 5.20. The molecule has 0 spiro atoms. The van der Waals surface area contributed by atoms with Crippen LogP contribution in [0.3, 0.4) is 0 Å². The van der Waals surface area contributed by atoms with Gasteiger partial charge in [0, 0.05) is 24.5 Å². The highest BCUT2D eigenvalue weighted by molar-refractivity contribution is 5.15. The van der Waals surface area contributed by atoms with Gasteiger partial charge in [0.15, 0.2) is 0 Å². The van der Waals surface area contributed by atoms with Gasteiger partial charge in [0.2, 0.25) is 0 Å². The van der Waals surface area contributed by atoms with E-state index in [1.807, 2.05) is 12.4 Å². The third kappa shape index (κ3) is 3.60. The molecule has 16 heavy (non-hydrogen) atoms. The number of hydrogen-bond acceptors (Lipinski definition) is 2. The fourth-order valence-corrected chi connectivity index (χ4v) is 1.72. The van der Waals surface area contributed by atoms with Crippen molar-refractivity contribution in [3.8, 4) is 0 Å². The lowest BCUT2D eigenvalue weighted by atomic mass is 9.94. The zero-order valence-corrected chi connectivity index (χ0v) is 11.1. The highest BCUT2D eigenvalue weighted by atomic mass is 15.0. The normalized spacial score (nSPS) is 15.4. The van der Waals surface area contributed by atoms with Crippen LogP contribution in [-0.2, 0) is 0 Å². The van der Waals surface area contributed by atoms with E-state index in [-0.39, 0.29) is 0 Å². The predicted molar refractivity (Wildman–Crippen MR) is 69.3 cm³/mol. The van der Waals surface area contributed by atoms with Crippen molar-refractivity contribution in [2.24, 2.45) is 11.8 Å². The molecular weight excluding hydrogens is 196 g/mol. The molecule has 0 saturated heterocycles. The minimum absolute atomic E-state index is 0.417. The molecule has 0 amide bonds. The first kappa shape index (κ1) is 13.2. The molecule has 0 saturated carbocycles. The Morgan fingerprint density at radius 1 is 0.938 bits per heavy atom. The van der Waals surface area contributed by atoms with Crippen LogP contribution in [0.15, 0.2) is 24.5 Å². The number of aromatic nitrogens is 1. The number of nitrogens with one attached hydrogen (secondary N) is 1. The fourth-order valence-electron chi connectivity index (χ4n) is 1.72. The van der Waals surface area contributed by atoms with Gasteiger partial charge in [0.25, 0.3) is 0 Å². The Hall–Kier alpha value is -0.890. The molecule has 1 aromatic heterocycles. The molecular formula is C14H24N2. The van der Waals surface area contributed by atoms with Crippen LogP contribution in [0.25, 0.3) is 0 Å². The summed E-state index contributed by atoms with van der Waals surface area (Å²) in [5.41, 5.74) is 1.33. The quantitative estimate of drug-likeness (QED) is 0.822. The van der Waals surface area contributed by atoms with Gasteiger partial charge < -0.3 is 5.32 Å². The molecule has 2 heteroatoms. The van der Waals surface area contributed by atoms with Crippen molar-refractivity contribution in [3.05, 3.63) is 30.1 Å². The Morgan fingerprint density at radius 2 is 1.50 bits per heavy atom. The maximum absolute atomic E-state index is 4.07. The molecule has 2 unspecified atom stereocenters.